The molecule has 1 N–H and O–H groups in total. The lowest BCUT2D eigenvalue weighted by Crippen LogP contribution is -2.11. The van der Waals surface area contributed by atoms with E-state index in [4.69, 9.17) is 0 Å². The fourth-order valence-corrected chi connectivity index (χ4v) is 2.34. The highest BCUT2D eigenvalue weighted by Crippen LogP contribution is 2.28. The monoisotopic (exact) mass is 255 g/mol. The number of allylic oxidation sites excluding steroid dienone is 1. The first-order chi connectivity index (χ1) is 9.09. The molecule has 0 bridgehead atoms. The van der Waals surface area contributed by atoms with E-state index in [0.29, 0.717) is 5.92 Å². The van der Waals surface area contributed by atoms with Gasteiger partial charge in [0.25, 0.3) is 0 Å². The predicted octanol–water partition coefficient (Wildman–Crippen LogP) is 2.92. The number of nitrogens with one attached hydrogen (secondary N) is 1. The van der Waals surface area contributed by atoms with Crippen molar-refractivity contribution in [1.82, 2.24) is 24.6 Å². The lowest BCUT2D eigenvalue weighted by atomic mass is 9.90. The van der Waals surface area contributed by atoms with Crippen molar-refractivity contribution in [1.29, 1.82) is 0 Å². The first-order valence-corrected chi connectivity index (χ1v) is 6.42. The fraction of sp³-hybridized carbons (Fsp3) is 0.357. The van der Waals surface area contributed by atoms with Crippen LogP contribution >= 0.6 is 0 Å². The summed E-state index contributed by atoms with van der Waals surface area (Å²) >= 11 is 0. The molecule has 0 aliphatic carbocycles. The number of H-pyrrole nitrogens is 1. The maximum absolute atomic E-state index is 4.35. The van der Waals surface area contributed by atoms with Crippen LogP contribution in [0.1, 0.15) is 32.5 Å². The molecule has 3 aromatic rings. The molecule has 0 radical (unpaired) electrons. The Morgan fingerprint density at radius 2 is 2.16 bits per heavy atom. The van der Waals surface area contributed by atoms with E-state index in [-0.39, 0.29) is 5.92 Å². The van der Waals surface area contributed by atoms with Crippen LogP contribution in [0.3, 0.4) is 0 Å². The molecule has 1 unspecified atom stereocenters. The van der Waals surface area contributed by atoms with Gasteiger partial charge >= 0.3 is 0 Å². The van der Waals surface area contributed by atoms with Gasteiger partial charge in [-0.1, -0.05) is 26.0 Å². The van der Waals surface area contributed by atoms with E-state index in [0.717, 1.165) is 28.2 Å². The SMILES string of the molecule is C=C(C)C(C)[C@H](C)c1nnc2cnc3[nH]ccc3n12. The van der Waals surface area contributed by atoms with Crippen LogP contribution in [-0.4, -0.2) is 24.6 Å². The summed E-state index contributed by atoms with van der Waals surface area (Å²) in [5.74, 6) is 1.57. The summed E-state index contributed by atoms with van der Waals surface area (Å²) in [7, 11) is 0. The van der Waals surface area contributed by atoms with Crippen molar-refractivity contribution in [3.8, 4) is 0 Å². The van der Waals surface area contributed by atoms with E-state index < -0.39 is 0 Å². The molecule has 0 amide bonds. The van der Waals surface area contributed by atoms with E-state index in [1.54, 1.807) is 6.20 Å². The molecule has 0 aromatic carbocycles. The second kappa shape index (κ2) is 4.19. The number of hydrogen-bond donors (Lipinski definition) is 1. The van der Waals surface area contributed by atoms with Gasteiger partial charge in [0, 0.05) is 12.1 Å². The Morgan fingerprint density at radius 1 is 1.37 bits per heavy atom. The lowest BCUT2D eigenvalue weighted by Gasteiger charge is -2.18. The molecule has 3 aromatic heterocycles. The minimum Gasteiger partial charge on any atom is -0.345 e. The molecule has 2 atom stereocenters. The van der Waals surface area contributed by atoms with Gasteiger partial charge in [-0.2, -0.15) is 0 Å². The van der Waals surface area contributed by atoms with Crippen molar-refractivity contribution in [3.05, 3.63) is 36.4 Å². The summed E-state index contributed by atoms with van der Waals surface area (Å²) in [6, 6.07) is 2.00. The third-order valence-electron chi connectivity index (χ3n) is 3.90. The predicted molar refractivity (Wildman–Crippen MR) is 75.0 cm³/mol. The molecular formula is C14H17N5. The zero-order chi connectivity index (χ0) is 13.6. The number of rotatable bonds is 3. The number of nitrogens with zero attached hydrogens (tertiary/aromatic N) is 4. The van der Waals surface area contributed by atoms with Gasteiger partial charge in [0.15, 0.2) is 11.3 Å². The van der Waals surface area contributed by atoms with Crippen LogP contribution in [0.25, 0.3) is 16.8 Å². The summed E-state index contributed by atoms with van der Waals surface area (Å²) in [6.07, 6.45) is 3.63. The molecule has 3 rings (SSSR count). The third kappa shape index (κ3) is 1.73. The molecule has 5 heteroatoms. The van der Waals surface area contributed by atoms with Gasteiger partial charge in [-0.15, -0.1) is 10.2 Å². The molecule has 5 nitrogen and oxygen atoms in total. The van der Waals surface area contributed by atoms with Gasteiger partial charge in [-0.3, -0.25) is 4.40 Å². The zero-order valence-corrected chi connectivity index (χ0v) is 11.4. The van der Waals surface area contributed by atoms with Crippen molar-refractivity contribution in [2.45, 2.75) is 26.7 Å². The smallest absolute Gasteiger partial charge is 0.179 e. The molecule has 0 saturated carbocycles. The molecule has 0 saturated heterocycles. The quantitative estimate of drug-likeness (QED) is 0.732. The Balaban J connectivity index is 2.23. The standard InChI is InChI=1S/C14H17N5/c1-8(2)9(3)10(4)14-18-17-12-7-16-13-11(19(12)14)5-6-15-13/h5-7,9-10,15H,1H2,2-4H3/t9?,10-/m0/s1. The highest BCUT2D eigenvalue weighted by atomic mass is 15.3. The maximum Gasteiger partial charge on any atom is 0.179 e. The summed E-state index contributed by atoms with van der Waals surface area (Å²) in [4.78, 5) is 7.44. The number of aromatic amines is 1. The average molecular weight is 255 g/mol. The van der Waals surface area contributed by atoms with Crippen LogP contribution < -0.4 is 0 Å². The first-order valence-electron chi connectivity index (χ1n) is 6.42. The Morgan fingerprint density at radius 3 is 2.89 bits per heavy atom. The van der Waals surface area contributed by atoms with Gasteiger partial charge in [-0.05, 0) is 18.9 Å². The highest BCUT2D eigenvalue weighted by Gasteiger charge is 2.21. The van der Waals surface area contributed by atoms with E-state index >= 15 is 0 Å². The van der Waals surface area contributed by atoms with E-state index in [9.17, 15) is 0 Å². The van der Waals surface area contributed by atoms with E-state index in [2.05, 4.69) is 51.9 Å². The van der Waals surface area contributed by atoms with E-state index in [1.807, 2.05) is 12.3 Å². The largest absolute Gasteiger partial charge is 0.345 e. The van der Waals surface area contributed by atoms with Crippen molar-refractivity contribution in [3.63, 3.8) is 0 Å². The maximum atomic E-state index is 4.35. The molecule has 3 heterocycles. The minimum absolute atomic E-state index is 0.257. The Labute approximate surface area is 111 Å². The van der Waals surface area contributed by atoms with Crippen LogP contribution in [0.5, 0.6) is 0 Å². The number of hydrogen-bond acceptors (Lipinski definition) is 3. The van der Waals surface area contributed by atoms with Gasteiger partial charge in [0.2, 0.25) is 0 Å². The van der Waals surface area contributed by atoms with Crippen LogP contribution in [0, 0.1) is 5.92 Å². The molecule has 0 aliphatic rings. The van der Waals surface area contributed by atoms with Crippen LogP contribution in [0.15, 0.2) is 30.6 Å². The van der Waals surface area contributed by atoms with Crippen LogP contribution in [0.4, 0.5) is 0 Å². The molecule has 0 aliphatic heterocycles. The summed E-state index contributed by atoms with van der Waals surface area (Å²) in [6.45, 7) is 10.4. The van der Waals surface area contributed by atoms with Crippen molar-refractivity contribution >= 4 is 16.8 Å². The Bertz CT molecular complexity index is 751. The van der Waals surface area contributed by atoms with Gasteiger partial charge < -0.3 is 4.98 Å². The zero-order valence-electron chi connectivity index (χ0n) is 11.4. The first kappa shape index (κ1) is 11.9. The van der Waals surface area contributed by atoms with Gasteiger partial charge in [0.05, 0.1) is 11.7 Å². The number of aromatic nitrogens is 5. The van der Waals surface area contributed by atoms with Crippen LogP contribution in [-0.2, 0) is 0 Å². The fourth-order valence-electron chi connectivity index (χ4n) is 2.34. The topological polar surface area (TPSA) is 58.9 Å². The van der Waals surface area contributed by atoms with Gasteiger partial charge in [-0.25, -0.2) is 4.98 Å². The van der Waals surface area contributed by atoms with E-state index in [1.165, 1.54) is 0 Å². The van der Waals surface area contributed by atoms with Gasteiger partial charge in [0.1, 0.15) is 5.82 Å². The number of fused-ring (bicyclic) bond motifs is 3. The van der Waals surface area contributed by atoms with Crippen molar-refractivity contribution in [2.75, 3.05) is 0 Å². The summed E-state index contributed by atoms with van der Waals surface area (Å²) in [5, 5.41) is 8.56. The Hall–Kier alpha value is -2.17. The minimum atomic E-state index is 0.257. The summed E-state index contributed by atoms with van der Waals surface area (Å²) < 4.78 is 2.07. The molecule has 98 valence electrons. The molecule has 0 spiro atoms. The second-order valence-corrected chi connectivity index (χ2v) is 5.15. The molecule has 19 heavy (non-hydrogen) atoms. The third-order valence-corrected chi connectivity index (χ3v) is 3.90. The lowest BCUT2D eigenvalue weighted by molar-refractivity contribution is 0.532. The second-order valence-electron chi connectivity index (χ2n) is 5.15. The van der Waals surface area contributed by atoms with Crippen molar-refractivity contribution < 1.29 is 0 Å². The average Bonchev–Trinajstić information content (AvgIpc) is 3.01. The molecule has 0 fully saturated rings. The van der Waals surface area contributed by atoms with Crippen molar-refractivity contribution in [2.24, 2.45) is 5.92 Å². The van der Waals surface area contributed by atoms with Crippen LogP contribution in [0.2, 0.25) is 0 Å². The highest BCUT2D eigenvalue weighted by molar-refractivity contribution is 5.74. The summed E-state index contributed by atoms with van der Waals surface area (Å²) in [5.41, 5.74) is 3.80. The molecular weight excluding hydrogens is 238 g/mol. The Kier molecular flexibility index (Phi) is 2.62. The normalized spacial score (nSPS) is 14.9.